The van der Waals surface area contributed by atoms with Gasteiger partial charge in [0.15, 0.2) is 0 Å². The van der Waals surface area contributed by atoms with Gasteiger partial charge in [0.25, 0.3) is 5.91 Å². The van der Waals surface area contributed by atoms with Crippen molar-refractivity contribution < 1.29 is 9.90 Å². The zero-order chi connectivity index (χ0) is 12.0. The Labute approximate surface area is 99.7 Å². The first-order chi connectivity index (χ1) is 7.69. The predicted octanol–water partition coefficient (Wildman–Crippen LogP) is 1.57. The fraction of sp³-hybridized carbons (Fsp3) is 0.417. The average molecular weight is 237 g/mol. The molecule has 4 heteroatoms. The molecule has 0 aliphatic heterocycles. The highest BCUT2D eigenvalue weighted by molar-refractivity contribution is 7.14. The average Bonchev–Trinajstić information content (AvgIpc) is 2.74. The van der Waals surface area contributed by atoms with E-state index in [0.29, 0.717) is 4.88 Å². The van der Waals surface area contributed by atoms with Gasteiger partial charge in [-0.15, -0.1) is 11.3 Å². The van der Waals surface area contributed by atoms with Crippen LogP contribution in [0, 0.1) is 11.8 Å². The Morgan fingerprint density at radius 2 is 2.31 bits per heavy atom. The molecule has 0 bridgehead atoms. The molecule has 86 valence electrons. The number of carbonyl (C=O) groups is 1. The van der Waals surface area contributed by atoms with E-state index in [2.05, 4.69) is 11.8 Å². The van der Waals surface area contributed by atoms with Crippen molar-refractivity contribution in [1.82, 2.24) is 4.90 Å². The number of rotatable bonds is 3. The van der Waals surface area contributed by atoms with Crippen molar-refractivity contribution >= 4 is 17.2 Å². The summed E-state index contributed by atoms with van der Waals surface area (Å²) >= 11 is 1.36. The number of carbonyl (C=O) groups excluding carboxylic acids is 1. The Morgan fingerprint density at radius 3 is 2.94 bits per heavy atom. The number of nitrogens with zero attached hydrogens (tertiary/aromatic N) is 1. The lowest BCUT2D eigenvalue weighted by Crippen LogP contribution is -2.26. The van der Waals surface area contributed by atoms with E-state index in [-0.39, 0.29) is 12.5 Å². The lowest BCUT2D eigenvalue weighted by atomic mass is 10.3. The molecule has 3 nitrogen and oxygen atoms in total. The zero-order valence-corrected chi connectivity index (χ0v) is 10.3. The fourth-order valence-corrected chi connectivity index (χ4v) is 2.15. The summed E-state index contributed by atoms with van der Waals surface area (Å²) in [7, 11) is 1.80. The summed E-state index contributed by atoms with van der Waals surface area (Å²) in [5.41, 5.74) is 0. The van der Waals surface area contributed by atoms with Crippen LogP contribution in [0.4, 0.5) is 0 Å². The second kappa shape index (κ2) is 6.31. The van der Waals surface area contributed by atoms with E-state index in [1.54, 1.807) is 24.1 Å². The molecule has 0 radical (unpaired) electrons. The van der Waals surface area contributed by atoms with Crippen molar-refractivity contribution in [2.45, 2.75) is 13.3 Å². The summed E-state index contributed by atoms with van der Waals surface area (Å²) in [5.74, 6) is 5.38. The summed E-state index contributed by atoms with van der Waals surface area (Å²) < 4.78 is 0. The van der Waals surface area contributed by atoms with E-state index in [0.717, 1.165) is 17.8 Å². The first kappa shape index (κ1) is 12.8. The summed E-state index contributed by atoms with van der Waals surface area (Å²) in [4.78, 5) is 15.1. The molecule has 0 aliphatic rings. The predicted molar refractivity (Wildman–Crippen MR) is 65.5 cm³/mol. The van der Waals surface area contributed by atoms with Gasteiger partial charge in [0, 0.05) is 13.6 Å². The molecule has 0 aliphatic carbocycles. The second-order valence-electron chi connectivity index (χ2n) is 3.35. The van der Waals surface area contributed by atoms with Gasteiger partial charge in [-0.1, -0.05) is 18.8 Å². The van der Waals surface area contributed by atoms with Gasteiger partial charge in [0.2, 0.25) is 0 Å². The molecule has 16 heavy (non-hydrogen) atoms. The van der Waals surface area contributed by atoms with Crippen molar-refractivity contribution in [3.05, 3.63) is 21.9 Å². The van der Waals surface area contributed by atoms with Gasteiger partial charge in [-0.05, 0) is 18.6 Å². The van der Waals surface area contributed by atoms with Gasteiger partial charge in [0.05, 0.1) is 9.75 Å². The molecule has 0 aromatic carbocycles. The highest BCUT2D eigenvalue weighted by Gasteiger charge is 2.12. The standard InChI is InChI=1S/C12H15NO2S/c1-3-8-13(2)12(15)11-7-6-10(16-11)5-4-9-14/h6-7,14H,3,8-9H2,1-2H3. The number of thiophene rings is 1. The molecule has 1 rings (SSSR count). The van der Waals surface area contributed by atoms with Crippen LogP contribution in [0.3, 0.4) is 0 Å². The smallest absolute Gasteiger partial charge is 0.263 e. The molecular weight excluding hydrogens is 222 g/mol. The van der Waals surface area contributed by atoms with E-state index >= 15 is 0 Å². The molecule has 0 fully saturated rings. The zero-order valence-electron chi connectivity index (χ0n) is 9.49. The summed E-state index contributed by atoms with van der Waals surface area (Å²) in [6.45, 7) is 2.64. The highest BCUT2D eigenvalue weighted by Crippen LogP contribution is 2.17. The fourth-order valence-electron chi connectivity index (χ4n) is 1.27. The van der Waals surface area contributed by atoms with Gasteiger partial charge in [-0.2, -0.15) is 0 Å². The second-order valence-corrected chi connectivity index (χ2v) is 4.43. The summed E-state index contributed by atoms with van der Waals surface area (Å²) in [5, 5.41) is 8.56. The largest absolute Gasteiger partial charge is 0.384 e. The van der Waals surface area contributed by atoms with Crippen LogP contribution in [0.5, 0.6) is 0 Å². The topological polar surface area (TPSA) is 40.5 Å². The van der Waals surface area contributed by atoms with E-state index < -0.39 is 0 Å². The van der Waals surface area contributed by atoms with Crippen molar-refractivity contribution in [2.75, 3.05) is 20.2 Å². The molecule has 1 N–H and O–H groups in total. The van der Waals surface area contributed by atoms with Crippen LogP contribution in [-0.2, 0) is 0 Å². The lowest BCUT2D eigenvalue weighted by molar-refractivity contribution is 0.0800. The SMILES string of the molecule is CCCN(C)C(=O)c1ccc(C#CCO)s1. The molecule has 0 atom stereocenters. The molecule has 1 aromatic rings. The Kier molecular flexibility index (Phi) is 5.03. The Morgan fingerprint density at radius 1 is 1.56 bits per heavy atom. The molecule has 1 amide bonds. The van der Waals surface area contributed by atoms with E-state index in [1.165, 1.54) is 11.3 Å². The van der Waals surface area contributed by atoms with Crippen LogP contribution in [0.15, 0.2) is 12.1 Å². The molecule has 1 aromatic heterocycles. The van der Waals surface area contributed by atoms with Crippen molar-refractivity contribution in [2.24, 2.45) is 0 Å². The van der Waals surface area contributed by atoms with E-state index in [1.807, 2.05) is 6.92 Å². The number of amides is 1. The summed E-state index contributed by atoms with van der Waals surface area (Å²) in [6.07, 6.45) is 0.949. The number of aliphatic hydroxyl groups excluding tert-OH is 1. The first-order valence-electron chi connectivity index (χ1n) is 5.14. The maximum atomic E-state index is 11.9. The molecule has 1 heterocycles. The third-order valence-electron chi connectivity index (χ3n) is 2.01. The van der Waals surface area contributed by atoms with Crippen LogP contribution < -0.4 is 0 Å². The van der Waals surface area contributed by atoms with Gasteiger partial charge in [-0.25, -0.2) is 0 Å². The lowest BCUT2D eigenvalue weighted by Gasteiger charge is -2.14. The first-order valence-corrected chi connectivity index (χ1v) is 5.95. The van der Waals surface area contributed by atoms with Crippen LogP contribution in [-0.4, -0.2) is 36.1 Å². The van der Waals surface area contributed by atoms with Gasteiger partial charge in [-0.3, -0.25) is 4.79 Å². The van der Waals surface area contributed by atoms with Gasteiger partial charge >= 0.3 is 0 Å². The summed E-state index contributed by atoms with van der Waals surface area (Å²) in [6, 6.07) is 3.58. The minimum atomic E-state index is -0.156. The van der Waals surface area contributed by atoms with Crippen LogP contribution in [0.25, 0.3) is 0 Å². The minimum absolute atomic E-state index is 0.0314. The third kappa shape index (κ3) is 3.37. The maximum absolute atomic E-state index is 11.9. The molecule has 0 unspecified atom stereocenters. The Hall–Kier alpha value is -1.31. The molecule has 0 spiro atoms. The van der Waals surface area contributed by atoms with Gasteiger partial charge < -0.3 is 10.0 Å². The maximum Gasteiger partial charge on any atom is 0.263 e. The Bertz CT molecular complexity index is 414. The quantitative estimate of drug-likeness (QED) is 0.811. The molecule has 0 saturated carbocycles. The number of hydrogen-bond acceptors (Lipinski definition) is 3. The van der Waals surface area contributed by atoms with E-state index in [9.17, 15) is 4.79 Å². The molecule has 0 saturated heterocycles. The van der Waals surface area contributed by atoms with Gasteiger partial charge in [0.1, 0.15) is 6.61 Å². The third-order valence-corrected chi connectivity index (χ3v) is 3.00. The van der Waals surface area contributed by atoms with E-state index in [4.69, 9.17) is 5.11 Å². The Balaban J connectivity index is 2.74. The van der Waals surface area contributed by atoms with Crippen LogP contribution in [0.2, 0.25) is 0 Å². The van der Waals surface area contributed by atoms with Crippen LogP contribution in [0.1, 0.15) is 27.9 Å². The number of hydrogen-bond donors (Lipinski definition) is 1. The highest BCUT2D eigenvalue weighted by atomic mass is 32.1. The number of aliphatic hydroxyl groups is 1. The van der Waals surface area contributed by atoms with Crippen molar-refractivity contribution in [3.8, 4) is 11.8 Å². The van der Waals surface area contributed by atoms with Crippen molar-refractivity contribution in [3.63, 3.8) is 0 Å². The van der Waals surface area contributed by atoms with Crippen molar-refractivity contribution in [1.29, 1.82) is 0 Å². The normalized spacial score (nSPS) is 9.44. The monoisotopic (exact) mass is 237 g/mol. The molecular formula is C12H15NO2S. The van der Waals surface area contributed by atoms with Crippen LogP contribution >= 0.6 is 11.3 Å². The minimum Gasteiger partial charge on any atom is -0.384 e.